The standard InChI is InChI=1S/C27H33N5O4/c1-34-24-18-23-21(16-25(24)36-19-20-6-3-2-4-7-20)22(28)17-26(29-23)30-8-5-9-31(11-10-30)27(33)32-12-14-35-15-13-32/h2-4,6-7,16-18H,5,8-15,19H2,1H3,(H2,28,29). The SMILES string of the molecule is COc1cc2nc(N3CCCN(C(=O)N4CCOCC4)CC3)cc(N)c2cc1OCc1ccccc1. The van der Waals surface area contributed by atoms with Crippen LogP contribution in [0.3, 0.4) is 0 Å². The molecule has 9 nitrogen and oxygen atoms in total. The zero-order chi connectivity index (χ0) is 24.9. The van der Waals surface area contributed by atoms with Gasteiger partial charge in [0, 0.05) is 62.5 Å². The van der Waals surface area contributed by atoms with Gasteiger partial charge in [0.15, 0.2) is 11.5 Å². The summed E-state index contributed by atoms with van der Waals surface area (Å²) in [4.78, 5) is 23.9. The molecule has 2 aromatic carbocycles. The van der Waals surface area contributed by atoms with Crippen molar-refractivity contribution in [2.75, 3.05) is 70.2 Å². The fourth-order valence-corrected chi connectivity index (χ4v) is 4.71. The van der Waals surface area contributed by atoms with Gasteiger partial charge < -0.3 is 34.6 Å². The minimum absolute atomic E-state index is 0.0962. The highest BCUT2D eigenvalue weighted by Gasteiger charge is 2.25. The van der Waals surface area contributed by atoms with Gasteiger partial charge in [-0.1, -0.05) is 30.3 Å². The van der Waals surface area contributed by atoms with Gasteiger partial charge in [-0.25, -0.2) is 9.78 Å². The van der Waals surface area contributed by atoms with Crippen LogP contribution >= 0.6 is 0 Å². The van der Waals surface area contributed by atoms with E-state index in [9.17, 15) is 4.79 Å². The van der Waals surface area contributed by atoms with Crippen LogP contribution in [0.1, 0.15) is 12.0 Å². The number of pyridine rings is 1. The molecule has 0 atom stereocenters. The number of anilines is 2. The molecular formula is C27H33N5O4. The van der Waals surface area contributed by atoms with E-state index in [0.29, 0.717) is 63.2 Å². The van der Waals surface area contributed by atoms with Gasteiger partial charge in [0.25, 0.3) is 0 Å². The molecule has 0 saturated carbocycles. The first-order valence-electron chi connectivity index (χ1n) is 12.4. The largest absolute Gasteiger partial charge is 0.493 e. The van der Waals surface area contributed by atoms with E-state index in [1.807, 2.05) is 58.3 Å². The normalized spacial score (nSPS) is 16.6. The van der Waals surface area contributed by atoms with Crippen molar-refractivity contribution >= 4 is 28.4 Å². The highest BCUT2D eigenvalue weighted by Crippen LogP contribution is 2.36. The topological polar surface area (TPSA) is 93.4 Å². The number of hydrogen-bond donors (Lipinski definition) is 1. The number of ether oxygens (including phenoxy) is 3. The van der Waals surface area contributed by atoms with Crippen LogP contribution in [-0.4, -0.2) is 80.4 Å². The van der Waals surface area contributed by atoms with Gasteiger partial charge in [-0.2, -0.15) is 0 Å². The zero-order valence-electron chi connectivity index (χ0n) is 20.7. The molecule has 3 heterocycles. The summed E-state index contributed by atoms with van der Waals surface area (Å²) < 4.78 is 17.0. The number of urea groups is 1. The van der Waals surface area contributed by atoms with Crippen molar-refractivity contribution in [1.29, 1.82) is 0 Å². The van der Waals surface area contributed by atoms with Crippen LogP contribution in [0.25, 0.3) is 10.9 Å². The maximum atomic E-state index is 12.9. The number of rotatable bonds is 5. The van der Waals surface area contributed by atoms with Crippen molar-refractivity contribution in [3.05, 3.63) is 54.1 Å². The van der Waals surface area contributed by atoms with E-state index in [-0.39, 0.29) is 6.03 Å². The molecule has 0 aliphatic carbocycles. The lowest BCUT2D eigenvalue weighted by Gasteiger charge is -2.32. The quantitative estimate of drug-likeness (QED) is 0.585. The average molecular weight is 492 g/mol. The summed E-state index contributed by atoms with van der Waals surface area (Å²) in [5.74, 6) is 2.04. The molecule has 2 saturated heterocycles. The predicted octanol–water partition coefficient (Wildman–Crippen LogP) is 3.37. The van der Waals surface area contributed by atoms with Crippen molar-refractivity contribution in [1.82, 2.24) is 14.8 Å². The van der Waals surface area contributed by atoms with Crippen molar-refractivity contribution in [2.24, 2.45) is 0 Å². The fraction of sp³-hybridized carbons (Fsp3) is 0.407. The Hall–Kier alpha value is -3.72. The van der Waals surface area contributed by atoms with E-state index < -0.39 is 0 Å². The van der Waals surface area contributed by atoms with Crippen LogP contribution < -0.4 is 20.1 Å². The number of aromatic nitrogens is 1. The highest BCUT2D eigenvalue weighted by molar-refractivity contribution is 5.94. The molecule has 0 bridgehead atoms. The molecule has 2 fully saturated rings. The predicted molar refractivity (Wildman–Crippen MR) is 140 cm³/mol. The number of methoxy groups -OCH3 is 1. The molecule has 0 radical (unpaired) electrons. The van der Waals surface area contributed by atoms with Crippen LogP contribution in [0, 0.1) is 0 Å². The Bertz CT molecular complexity index is 1200. The Kier molecular flexibility index (Phi) is 7.27. The molecule has 9 heteroatoms. The molecule has 0 spiro atoms. The number of carbonyl (C=O) groups is 1. The number of carbonyl (C=O) groups excluding carboxylic acids is 1. The van der Waals surface area contributed by atoms with Crippen LogP contribution in [0.2, 0.25) is 0 Å². The third-order valence-corrected chi connectivity index (χ3v) is 6.72. The molecule has 2 amide bonds. The first kappa shape index (κ1) is 24.0. The molecule has 1 aromatic heterocycles. The smallest absolute Gasteiger partial charge is 0.320 e. The Morgan fingerprint density at radius 3 is 2.53 bits per heavy atom. The minimum atomic E-state index is 0.0962. The Balaban J connectivity index is 1.32. The lowest BCUT2D eigenvalue weighted by atomic mass is 10.1. The molecule has 2 aliphatic heterocycles. The third-order valence-electron chi connectivity index (χ3n) is 6.72. The Labute approximate surface area is 211 Å². The number of nitrogens with zero attached hydrogens (tertiary/aromatic N) is 4. The highest BCUT2D eigenvalue weighted by atomic mass is 16.5. The maximum absolute atomic E-state index is 12.9. The molecule has 2 N–H and O–H groups in total. The number of fused-ring (bicyclic) bond motifs is 1. The summed E-state index contributed by atoms with van der Waals surface area (Å²) in [5, 5.41) is 0.821. The van der Waals surface area contributed by atoms with Gasteiger partial charge in [-0.05, 0) is 18.1 Å². The summed E-state index contributed by atoms with van der Waals surface area (Å²) in [6.45, 7) is 5.83. The average Bonchev–Trinajstić information content (AvgIpc) is 3.18. The maximum Gasteiger partial charge on any atom is 0.320 e. The number of hydrogen-bond acceptors (Lipinski definition) is 7. The van der Waals surface area contributed by atoms with Gasteiger partial charge in [0.2, 0.25) is 0 Å². The monoisotopic (exact) mass is 491 g/mol. The molecular weight excluding hydrogens is 458 g/mol. The first-order chi connectivity index (χ1) is 17.6. The van der Waals surface area contributed by atoms with E-state index in [1.165, 1.54) is 0 Å². The second-order valence-electron chi connectivity index (χ2n) is 9.07. The van der Waals surface area contributed by atoms with Gasteiger partial charge >= 0.3 is 6.03 Å². The minimum Gasteiger partial charge on any atom is -0.493 e. The molecule has 5 rings (SSSR count). The second-order valence-corrected chi connectivity index (χ2v) is 9.07. The Morgan fingerprint density at radius 2 is 1.75 bits per heavy atom. The van der Waals surface area contributed by atoms with E-state index >= 15 is 0 Å². The van der Waals surface area contributed by atoms with Crippen LogP contribution in [0.5, 0.6) is 11.5 Å². The summed E-state index contributed by atoms with van der Waals surface area (Å²) in [6.07, 6.45) is 0.866. The van der Waals surface area contributed by atoms with Gasteiger partial charge in [-0.15, -0.1) is 0 Å². The van der Waals surface area contributed by atoms with Gasteiger partial charge in [0.05, 0.1) is 25.8 Å². The Morgan fingerprint density at radius 1 is 0.972 bits per heavy atom. The zero-order valence-corrected chi connectivity index (χ0v) is 20.7. The number of morpholine rings is 1. The van der Waals surface area contributed by atoms with Gasteiger partial charge in [-0.3, -0.25) is 0 Å². The van der Waals surface area contributed by atoms with E-state index in [1.54, 1.807) is 7.11 Å². The molecule has 0 unspecified atom stereocenters. The van der Waals surface area contributed by atoms with E-state index in [2.05, 4.69) is 4.90 Å². The number of nitrogens with two attached hydrogens (primary N) is 1. The molecule has 36 heavy (non-hydrogen) atoms. The summed E-state index contributed by atoms with van der Waals surface area (Å²) in [5.41, 5.74) is 8.95. The van der Waals surface area contributed by atoms with Crippen molar-refractivity contribution in [2.45, 2.75) is 13.0 Å². The van der Waals surface area contributed by atoms with Crippen LogP contribution in [0.4, 0.5) is 16.3 Å². The van der Waals surface area contributed by atoms with E-state index in [0.717, 1.165) is 41.8 Å². The fourth-order valence-electron chi connectivity index (χ4n) is 4.71. The van der Waals surface area contributed by atoms with Crippen LogP contribution in [0.15, 0.2) is 48.5 Å². The molecule has 3 aromatic rings. The number of nitrogen functional groups attached to an aromatic ring is 1. The van der Waals surface area contributed by atoms with E-state index in [4.69, 9.17) is 24.9 Å². The summed E-state index contributed by atoms with van der Waals surface area (Å²) in [7, 11) is 1.62. The van der Waals surface area contributed by atoms with Crippen LogP contribution in [-0.2, 0) is 11.3 Å². The second kappa shape index (κ2) is 10.9. The lowest BCUT2D eigenvalue weighted by molar-refractivity contribution is 0.0438. The number of benzene rings is 2. The molecule has 190 valence electrons. The first-order valence-corrected chi connectivity index (χ1v) is 12.4. The molecule has 2 aliphatic rings. The summed E-state index contributed by atoms with van der Waals surface area (Å²) in [6, 6.07) is 15.8. The van der Waals surface area contributed by atoms with Crippen molar-refractivity contribution in [3.8, 4) is 11.5 Å². The third kappa shape index (κ3) is 5.26. The van der Waals surface area contributed by atoms with Crippen molar-refractivity contribution in [3.63, 3.8) is 0 Å². The van der Waals surface area contributed by atoms with Crippen molar-refractivity contribution < 1.29 is 19.0 Å². The van der Waals surface area contributed by atoms with Gasteiger partial charge in [0.1, 0.15) is 12.4 Å². The number of amides is 2. The lowest BCUT2D eigenvalue weighted by Crippen LogP contribution is -2.49. The summed E-state index contributed by atoms with van der Waals surface area (Å²) >= 11 is 0.